The van der Waals surface area contributed by atoms with Crippen LogP contribution in [0.5, 0.6) is 11.5 Å². The summed E-state index contributed by atoms with van der Waals surface area (Å²) in [5.41, 5.74) is 1.26. The maximum Gasteiger partial charge on any atom is 0.339 e. The van der Waals surface area contributed by atoms with E-state index in [4.69, 9.17) is 13.7 Å². The number of carbonyl (C=O) groups excluding carboxylic acids is 1. The minimum atomic E-state index is -4.26. The third-order valence-corrected chi connectivity index (χ3v) is 7.04. The SMILES string of the molecule is COCCN(Cc1ccc(OC)c(OS(=O)(=O)c2ccc(F)cc2)c1)C(=O)Nc1cccc2ccccc12. The monoisotopic (exact) mass is 538 g/mol. The van der Waals surface area contributed by atoms with Gasteiger partial charge in [0.1, 0.15) is 10.7 Å². The molecule has 0 heterocycles. The van der Waals surface area contributed by atoms with Crippen molar-refractivity contribution in [2.24, 2.45) is 0 Å². The molecule has 0 atom stereocenters. The smallest absolute Gasteiger partial charge is 0.339 e. The Morgan fingerprint density at radius 2 is 1.66 bits per heavy atom. The number of amides is 2. The Hall–Kier alpha value is -4.15. The van der Waals surface area contributed by atoms with Crippen LogP contribution in [0, 0.1) is 5.82 Å². The second-order valence-electron chi connectivity index (χ2n) is 8.35. The molecular weight excluding hydrogens is 511 g/mol. The Morgan fingerprint density at radius 1 is 0.921 bits per heavy atom. The number of halogens is 1. The van der Waals surface area contributed by atoms with E-state index >= 15 is 0 Å². The van der Waals surface area contributed by atoms with E-state index < -0.39 is 15.9 Å². The molecule has 0 aliphatic heterocycles. The minimum Gasteiger partial charge on any atom is -0.493 e. The molecule has 10 heteroatoms. The highest BCUT2D eigenvalue weighted by Gasteiger charge is 2.21. The van der Waals surface area contributed by atoms with E-state index in [-0.39, 0.29) is 35.5 Å². The van der Waals surface area contributed by atoms with Crippen LogP contribution in [0.3, 0.4) is 0 Å². The maximum absolute atomic E-state index is 13.3. The van der Waals surface area contributed by atoms with Crippen LogP contribution in [-0.2, 0) is 21.4 Å². The molecular formula is C28H27FN2O6S. The van der Waals surface area contributed by atoms with Gasteiger partial charge in [-0.05, 0) is 53.4 Å². The third kappa shape index (κ3) is 6.39. The molecule has 0 aliphatic carbocycles. The topological polar surface area (TPSA) is 94.2 Å². The van der Waals surface area contributed by atoms with Crippen molar-refractivity contribution >= 4 is 32.6 Å². The van der Waals surface area contributed by atoms with Gasteiger partial charge in [-0.3, -0.25) is 0 Å². The van der Waals surface area contributed by atoms with E-state index in [0.717, 1.165) is 35.0 Å². The summed E-state index contributed by atoms with van der Waals surface area (Å²) in [4.78, 5) is 14.6. The van der Waals surface area contributed by atoms with Gasteiger partial charge in [0.2, 0.25) is 0 Å². The predicted octanol–water partition coefficient (Wildman–Crippen LogP) is 5.44. The summed E-state index contributed by atoms with van der Waals surface area (Å²) in [6.45, 7) is 0.710. The molecule has 0 aromatic heterocycles. The number of hydrogen-bond donors (Lipinski definition) is 1. The fraction of sp³-hybridized carbons (Fsp3) is 0.179. The zero-order valence-electron chi connectivity index (χ0n) is 20.9. The van der Waals surface area contributed by atoms with Crippen LogP contribution in [0.4, 0.5) is 14.9 Å². The summed E-state index contributed by atoms with van der Waals surface area (Å²) >= 11 is 0. The summed E-state index contributed by atoms with van der Waals surface area (Å²) in [7, 11) is -1.33. The highest BCUT2D eigenvalue weighted by molar-refractivity contribution is 7.87. The Kier molecular flexibility index (Phi) is 8.45. The van der Waals surface area contributed by atoms with Crippen LogP contribution in [0.15, 0.2) is 89.8 Å². The highest BCUT2D eigenvalue weighted by Crippen LogP contribution is 2.31. The minimum absolute atomic E-state index is 0.0597. The molecule has 4 rings (SSSR count). The summed E-state index contributed by atoms with van der Waals surface area (Å²) < 4.78 is 54.6. The van der Waals surface area contributed by atoms with E-state index in [2.05, 4.69) is 5.32 Å². The molecule has 0 fully saturated rings. The first-order valence-corrected chi connectivity index (χ1v) is 13.1. The average Bonchev–Trinajstić information content (AvgIpc) is 2.91. The molecule has 2 amide bonds. The Bertz CT molecular complexity index is 1520. The largest absolute Gasteiger partial charge is 0.493 e. The van der Waals surface area contributed by atoms with Crippen LogP contribution in [0.25, 0.3) is 10.8 Å². The second kappa shape index (κ2) is 11.9. The van der Waals surface area contributed by atoms with Crippen molar-refractivity contribution in [3.8, 4) is 11.5 Å². The molecule has 0 spiro atoms. The molecule has 38 heavy (non-hydrogen) atoms. The first kappa shape index (κ1) is 26.9. The van der Waals surface area contributed by atoms with Crippen molar-refractivity contribution in [2.75, 3.05) is 32.7 Å². The molecule has 1 N–H and O–H groups in total. The lowest BCUT2D eigenvalue weighted by molar-refractivity contribution is 0.153. The van der Waals surface area contributed by atoms with Crippen LogP contribution in [0.2, 0.25) is 0 Å². The summed E-state index contributed by atoms with van der Waals surface area (Å²) in [5, 5.41) is 4.86. The summed E-state index contributed by atoms with van der Waals surface area (Å²) in [5.74, 6) is -0.444. The molecule has 198 valence electrons. The summed E-state index contributed by atoms with van der Waals surface area (Å²) in [6, 6.07) is 22.1. The molecule has 0 aliphatic rings. The van der Waals surface area contributed by atoms with Crippen molar-refractivity contribution in [1.82, 2.24) is 4.90 Å². The Labute approximate surface area is 220 Å². The number of fused-ring (bicyclic) bond motifs is 1. The number of nitrogens with zero attached hydrogens (tertiary/aromatic N) is 1. The number of ether oxygens (including phenoxy) is 2. The first-order valence-electron chi connectivity index (χ1n) is 11.7. The van der Waals surface area contributed by atoms with E-state index in [9.17, 15) is 17.6 Å². The van der Waals surface area contributed by atoms with Crippen molar-refractivity contribution in [1.29, 1.82) is 0 Å². The average molecular weight is 539 g/mol. The normalized spacial score (nSPS) is 11.2. The van der Waals surface area contributed by atoms with E-state index in [1.807, 2.05) is 42.5 Å². The number of benzene rings is 4. The Morgan fingerprint density at radius 3 is 2.39 bits per heavy atom. The number of methoxy groups -OCH3 is 2. The van der Waals surface area contributed by atoms with Gasteiger partial charge in [-0.25, -0.2) is 9.18 Å². The van der Waals surface area contributed by atoms with Gasteiger partial charge in [-0.1, -0.05) is 42.5 Å². The van der Waals surface area contributed by atoms with Gasteiger partial charge in [0.05, 0.1) is 19.4 Å². The highest BCUT2D eigenvalue weighted by atomic mass is 32.2. The number of anilines is 1. The summed E-state index contributed by atoms with van der Waals surface area (Å²) in [6.07, 6.45) is 0. The maximum atomic E-state index is 13.3. The molecule has 0 radical (unpaired) electrons. The van der Waals surface area contributed by atoms with Crippen LogP contribution in [0.1, 0.15) is 5.56 Å². The van der Waals surface area contributed by atoms with Crippen LogP contribution >= 0.6 is 0 Å². The number of nitrogens with one attached hydrogen (secondary N) is 1. The first-order chi connectivity index (χ1) is 18.3. The number of carbonyl (C=O) groups is 1. The van der Waals surface area contributed by atoms with Crippen molar-refractivity contribution in [3.05, 3.63) is 96.3 Å². The molecule has 0 bridgehead atoms. The van der Waals surface area contributed by atoms with Gasteiger partial charge in [0.25, 0.3) is 0 Å². The second-order valence-corrected chi connectivity index (χ2v) is 9.89. The standard InChI is InChI=1S/C28H27FN2O6S/c1-35-17-16-31(28(32)30-25-9-5-7-21-6-3-4-8-24(21)25)19-20-10-15-26(36-2)27(18-20)37-38(33,34)23-13-11-22(29)12-14-23/h3-15,18H,16-17,19H2,1-2H3,(H,30,32). The quantitative estimate of drug-likeness (QED) is 0.271. The van der Waals surface area contributed by atoms with Gasteiger partial charge < -0.3 is 23.9 Å². The van der Waals surface area contributed by atoms with Crippen molar-refractivity contribution < 1.29 is 31.3 Å². The van der Waals surface area contributed by atoms with Crippen molar-refractivity contribution in [3.63, 3.8) is 0 Å². The van der Waals surface area contributed by atoms with Gasteiger partial charge >= 0.3 is 16.1 Å². The number of urea groups is 1. The Balaban J connectivity index is 1.58. The van der Waals surface area contributed by atoms with Crippen LogP contribution in [-0.4, -0.2) is 46.7 Å². The molecule has 0 saturated carbocycles. The molecule has 0 saturated heterocycles. The fourth-order valence-electron chi connectivity index (χ4n) is 3.86. The number of rotatable bonds is 10. The predicted molar refractivity (Wildman–Crippen MR) is 142 cm³/mol. The van der Waals surface area contributed by atoms with Gasteiger partial charge in [0.15, 0.2) is 11.5 Å². The zero-order chi connectivity index (χ0) is 27.1. The van der Waals surface area contributed by atoms with E-state index in [1.54, 1.807) is 24.1 Å². The van der Waals surface area contributed by atoms with E-state index in [0.29, 0.717) is 17.9 Å². The van der Waals surface area contributed by atoms with Gasteiger partial charge in [0, 0.05) is 25.6 Å². The third-order valence-electron chi connectivity index (χ3n) is 5.79. The zero-order valence-corrected chi connectivity index (χ0v) is 21.7. The van der Waals surface area contributed by atoms with Crippen molar-refractivity contribution in [2.45, 2.75) is 11.4 Å². The van der Waals surface area contributed by atoms with Gasteiger partial charge in [-0.2, -0.15) is 8.42 Å². The van der Waals surface area contributed by atoms with Crippen LogP contribution < -0.4 is 14.2 Å². The van der Waals surface area contributed by atoms with Gasteiger partial charge in [-0.15, -0.1) is 0 Å². The lowest BCUT2D eigenvalue weighted by Gasteiger charge is -2.24. The lowest BCUT2D eigenvalue weighted by atomic mass is 10.1. The molecule has 8 nitrogen and oxygen atoms in total. The van der Waals surface area contributed by atoms with E-state index in [1.165, 1.54) is 13.2 Å². The molecule has 4 aromatic rings. The number of hydrogen-bond acceptors (Lipinski definition) is 6. The molecule has 4 aromatic carbocycles. The molecule has 0 unspecified atom stereocenters. The lowest BCUT2D eigenvalue weighted by Crippen LogP contribution is -2.36. The fourth-order valence-corrected chi connectivity index (χ4v) is 4.79.